The number of rotatable bonds is 59. The number of carbonyl (C=O) groups excluding carboxylic acids is 3. The maximum absolute atomic E-state index is 12.9. The quantitative estimate of drug-likeness (QED) is 0.0261. The smallest absolute Gasteiger partial charge is 0.306 e. The summed E-state index contributed by atoms with van der Waals surface area (Å²) in [6.45, 7) is 6.53. The van der Waals surface area contributed by atoms with E-state index in [4.69, 9.17) is 14.2 Å². The van der Waals surface area contributed by atoms with Crippen LogP contribution in [0.15, 0.2) is 97.2 Å². The van der Waals surface area contributed by atoms with Crippen molar-refractivity contribution in [1.82, 2.24) is 0 Å². The summed E-state index contributed by atoms with van der Waals surface area (Å²) in [5.41, 5.74) is 0. The molecule has 0 heterocycles. The Hall–Kier alpha value is -3.67. The fourth-order valence-electron chi connectivity index (χ4n) is 9.18. The minimum atomic E-state index is -0.793. The van der Waals surface area contributed by atoms with Gasteiger partial charge in [0.05, 0.1) is 0 Å². The van der Waals surface area contributed by atoms with Crippen molar-refractivity contribution in [3.63, 3.8) is 0 Å². The number of allylic oxidation sites excluding steroid dienone is 16. The zero-order valence-electron chi connectivity index (χ0n) is 50.7. The molecule has 1 unspecified atom stereocenters. The van der Waals surface area contributed by atoms with Crippen molar-refractivity contribution < 1.29 is 28.6 Å². The van der Waals surface area contributed by atoms with E-state index in [1.807, 2.05) is 0 Å². The standard InChI is InChI=1S/C71H122O6/c1-4-7-10-13-16-19-22-25-27-29-31-33-34-35-36-38-39-41-43-46-49-52-55-58-61-64-70(73)76-67-68(66-75-69(72)63-60-57-54-51-48-45-24-21-18-15-12-9-6-3)77-71(74)65-62-59-56-53-50-47-44-42-40-37-32-30-28-26-23-20-17-14-11-8-5-2/h7,10,16,19,25,27,30-33,35-36,39,41,46,49,68H,4-6,8-9,11-15,17-18,20-24,26,28-29,34,37-38,40,42-45,47-48,50-67H2,1-3H3/b10-7-,19-16-,27-25-,32-30-,33-31-,36-35-,41-39-,49-46-. The summed E-state index contributed by atoms with van der Waals surface area (Å²) in [7, 11) is 0. The highest BCUT2D eigenvalue weighted by molar-refractivity contribution is 5.71. The monoisotopic (exact) mass is 1070 g/mol. The van der Waals surface area contributed by atoms with E-state index in [2.05, 4.69) is 118 Å². The molecule has 0 fully saturated rings. The van der Waals surface area contributed by atoms with Crippen LogP contribution in [0.3, 0.4) is 0 Å². The third-order valence-electron chi connectivity index (χ3n) is 14.1. The first-order chi connectivity index (χ1) is 38.0. The molecule has 0 spiro atoms. The highest BCUT2D eigenvalue weighted by atomic mass is 16.6. The summed E-state index contributed by atoms with van der Waals surface area (Å²) in [4.78, 5) is 38.3. The molecular formula is C71H122O6. The van der Waals surface area contributed by atoms with Crippen molar-refractivity contribution in [2.75, 3.05) is 13.2 Å². The molecular weight excluding hydrogens is 949 g/mol. The second-order valence-electron chi connectivity index (χ2n) is 21.6. The lowest BCUT2D eigenvalue weighted by Crippen LogP contribution is -2.30. The Morgan fingerprint density at radius 1 is 0.273 bits per heavy atom. The number of esters is 3. The van der Waals surface area contributed by atoms with Gasteiger partial charge in [0, 0.05) is 19.3 Å². The van der Waals surface area contributed by atoms with Gasteiger partial charge < -0.3 is 14.2 Å². The molecule has 0 aliphatic carbocycles. The van der Waals surface area contributed by atoms with E-state index in [1.54, 1.807) is 0 Å². The van der Waals surface area contributed by atoms with Crippen LogP contribution in [-0.4, -0.2) is 37.2 Å². The Bertz CT molecular complexity index is 1510. The zero-order chi connectivity index (χ0) is 55.7. The molecule has 0 N–H and O–H groups in total. The number of hydrogen-bond donors (Lipinski definition) is 0. The first kappa shape index (κ1) is 73.3. The molecule has 0 aromatic heterocycles. The molecule has 0 aromatic rings. The van der Waals surface area contributed by atoms with Gasteiger partial charge in [0.2, 0.25) is 0 Å². The topological polar surface area (TPSA) is 78.9 Å². The van der Waals surface area contributed by atoms with E-state index in [1.165, 1.54) is 167 Å². The van der Waals surface area contributed by atoms with Crippen LogP contribution in [0.2, 0.25) is 0 Å². The molecule has 0 aromatic carbocycles. The molecule has 0 saturated heterocycles. The fraction of sp³-hybridized carbons (Fsp3) is 0.732. The maximum Gasteiger partial charge on any atom is 0.306 e. The van der Waals surface area contributed by atoms with E-state index in [9.17, 15) is 14.4 Å². The average molecular weight is 1070 g/mol. The first-order valence-electron chi connectivity index (χ1n) is 32.7. The van der Waals surface area contributed by atoms with Gasteiger partial charge in [-0.3, -0.25) is 14.4 Å². The van der Waals surface area contributed by atoms with Gasteiger partial charge >= 0.3 is 17.9 Å². The minimum absolute atomic E-state index is 0.0865. The third-order valence-corrected chi connectivity index (χ3v) is 14.1. The normalized spacial score (nSPS) is 12.7. The maximum atomic E-state index is 12.9. The Morgan fingerprint density at radius 2 is 0.506 bits per heavy atom. The van der Waals surface area contributed by atoms with E-state index < -0.39 is 6.10 Å². The minimum Gasteiger partial charge on any atom is -0.462 e. The van der Waals surface area contributed by atoms with Gasteiger partial charge in [-0.1, -0.05) is 291 Å². The molecule has 0 aliphatic heterocycles. The predicted octanol–water partition coefficient (Wildman–Crippen LogP) is 22.4. The summed E-state index contributed by atoms with van der Waals surface area (Å²) in [5.74, 6) is -0.911. The molecule has 442 valence electrons. The average Bonchev–Trinajstić information content (AvgIpc) is 3.43. The lowest BCUT2D eigenvalue weighted by molar-refractivity contribution is -0.167. The van der Waals surface area contributed by atoms with Gasteiger partial charge in [0.25, 0.3) is 0 Å². The number of carbonyl (C=O) groups is 3. The SMILES string of the molecule is CC/C=C\C/C=C\C/C=C\C/C=C\C/C=C\C/C=C\C/C=C\CCCCCC(=O)OCC(COC(=O)CCCCCCCCCCCCCCC)OC(=O)CCCCCCCCCCC/C=C\CCCCCCCCCC. The van der Waals surface area contributed by atoms with E-state index in [-0.39, 0.29) is 31.1 Å². The van der Waals surface area contributed by atoms with Crippen molar-refractivity contribution in [2.24, 2.45) is 0 Å². The fourth-order valence-corrected chi connectivity index (χ4v) is 9.18. The van der Waals surface area contributed by atoms with Crippen LogP contribution in [0.25, 0.3) is 0 Å². The molecule has 6 heteroatoms. The van der Waals surface area contributed by atoms with Crippen LogP contribution in [0.1, 0.15) is 316 Å². The van der Waals surface area contributed by atoms with Gasteiger partial charge in [-0.15, -0.1) is 0 Å². The highest BCUT2D eigenvalue weighted by Gasteiger charge is 2.19. The van der Waals surface area contributed by atoms with Gasteiger partial charge in [0.1, 0.15) is 13.2 Å². The lowest BCUT2D eigenvalue weighted by atomic mass is 10.0. The number of ether oxygens (including phenoxy) is 3. The lowest BCUT2D eigenvalue weighted by Gasteiger charge is -2.18. The van der Waals surface area contributed by atoms with E-state index in [0.29, 0.717) is 19.3 Å². The van der Waals surface area contributed by atoms with Crippen LogP contribution in [0.4, 0.5) is 0 Å². The Labute approximate surface area is 477 Å². The van der Waals surface area contributed by atoms with Crippen LogP contribution < -0.4 is 0 Å². The molecule has 1 atom stereocenters. The van der Waals surface area contributed by atoms with Crippen molar-refractivity contribution >= 4 is 17.9 Å². The van der Waals surface area contributed by atoms with Gasteiger partial charge in [0.15, 0.2) is 6.10 Å². The summed E-state index contributed by atoms with van der Waals surface area (Å²) in [5, 5.41) is 0. The summed E-state index contributed by atoms with van der Waals surface area (Å²) in [6, 6.07) is 0. The Balaban J connectivity index is 4.40. The summed E-state index contributed by atoms with van der Waals surface area (Å²) in [6.07, 6.45) is 87.0. The third kappa shape index (κ3) is 63.0. The second-order valence-corrected chi connectivity index (χ2v) is 21.6. The first-order valence-corrected chi connectivity index (χ1v) is 32.7. The number of unbranched alkanes of at least 4 members (excludes halogenated alkanes) is 32. The van der Waals surface area contributed by atoms with Crippen molar-refractivity contribution in [1.29, 1.82) is 0 Å². The molecule has 0 aliphatic rings. The van der Waals surface area contributed by atoms with E-state index >= 15 is 0 Å². The Kier molecular flexibility index (Phi) is 61.8. The highest BCUT2D eigenvalue weighted by Crippen LogP contribution is 2.16. The Morgan fingerprint density at radius 3 is 0.818 bits per heavy atom. The van der Waals surface area contributed by atoms with Crippen molar-refractivity contribution in [2.45, 2.75) is 322 Å². The van der Waals surface area contributed by atoms with Crippen LogP contribution >= 0.6 is 0 Å². The van der Waals surface area contributed by atoms with E-state index in [0.717, 1.165) is 109 Å². The molecule has 0 rings (SSSR count). The molecule has 0 saturated carbocycles. The molecule has 0 amide bonds. The molecule has 77 heavy (non-hydrogen) atoms. The predicted molar refractivity (Wildman–Crippen MR) is 334 cm³/mol. The molecule has 6 nitrogen and oxygen atoms in total. The molecule has 0 bridgehead atoms. The summed E-state index contributed by atoms with van der Waals surface area (Å²) < 4.78 is 16.9. The number of hydrogen-bond acceptors (Lipinski definition) is 6. The zero-order valence-corrected chi connectivity index (χ0v) is 50.7. The van der Waals surface area contributed by atoms with Crippen molar-refractivity contribution in [3.8, 4) is 0 Å². The van der Waals surface area contributed by atoms with Crippen LogP contribution in [0.5, 0.6) is 0 Å². The molecule has 0 radical (unpaired) electrons. The largest absolute Gasteiger partial charge is 0.462 e. The van der Waals surface area contributed by atoms with Crippen LogP contribution in [-0.2, 0) is 28.6 Å². The summed E-state index contributed by atoms with van der Waals surface area (Å²) >= 11 is 0. The second kappa shape index (κ2) is 64.9. The van der Waals surface area contributed by atoms with Crippen molar-refractivity contribution in [3.05, 3.63) is 97.2 Å². The van der Waals surface area contributed by atoms with Gasteiger partial charge in [-0.2, -0.15) is 0 Å². The van der Waals surface area contributed by atoms with Gasteiger partial charge in [-0.05, 0) is 103 Å². The van der Waals surface area contributed by atoms with Gasteiger partial charge in [-0.25, -0.2) is 0 Å². The van der Waals surface area contributed by atoms with Crippen LogP contribution in [0, 0.1) is 0 Å².